The maximum atomic E-state index is 7.91. The molecule has 0 aliphatic rings. The Morgan fingerprint density at radius 2 is 0.306 bits per heavy atom. The number of rotatable bonds is 3. The monoisotopic (exact) mass is 994 g/mol. The van der Waals surface area contributed by atoms with Gasteiger partial charge in [0, 0.05) is 10.8 Å². The van der Waals surface area contributed by atoms with Crippen molar-refractivity contribution in [3.63, 3.8) is 0 Å². The van der Waals surface area contributed by atoms with E-state index in [4.69, 9.17) is 240 Å². The number of hydrogen-bond donors (Lipinski definition) is 0. The van der Waals surface area contributed by atoms with Crippen LogP contribution in [0, 0.1) is 0 Å². The van der Waals surface area contributed by atoms with Gasteiger partial charge in [0.2, 0.25) is 0 Å². The predicted molar refractivity (Wildman–Crippen MR) is 397 cm³/mol. The average Bonchev–Trinajstić information content (AvgIpc) is 1.09. The van der Waals surface area contributed by atoms with E-state index in [1.165, 1.54) is 0 Å². The van der Waals surface area contributed by atoms with Gasteiger partial charge in [-0.1, -0.05) is 131 Å². The van der Waals surface area contributed by atoms with Crippen LogP contribution in [0.15, 0.2) is 4.42 Å². The Kier molecular flexibility index (Phi) is 13.2. The molecule has 0 saturated heterocycles. The van der Waals surface area contributed by atoms with Crippen molar-refractivity contribution < 1.29 is 4.42 Å². The van der Waals surface area contributed by atoms with Crippen molar-refractivity contribution in [3.8, 4) is 33.4 Å². The zero-order valence-corrected chi connectivity index (χ0v) is 44.7. The van der Waals surface area contributed by atoms with E-state index in [0.29, 0.717) is 0 Å². The van der Waals surface area contributed by atoms with Crippen LogP contribution in [0.1, 0.15) is 0 Å². The largest absolute Gasteiger partial charge is 0.457 e. The van der Waals surface area contributed by atoms with Gasteiger partial charge in [0.25, 0.3) is 0 Å². The smallest absolute Gasteiger partial charge is 0.128 e. The fourth-order valence-corrected chi connectivity index (χ4v) is 13.3. The first-order valence-electron chi connectivity index (χ1n) is 25.3. The summed E-state index contributed by atoms with van der Waals surface area (Å²) in [5.74, 6) is 0. The molecule has 13 rings (SSSR count). The van der Waals surface area contributed by atoms with Crippen LogP contribution < -0.4 is 164 Å². The fraction of sp³-hybridized carbons (Fsp3) is 0. The predicted octanol–water partition coefficient (Wildman–Crippen LogP) is -20.7. The van der Waals surface area contributed by atoms with Crippen LogP contribution >= 0.6 is 0 Å². The molecule has 0 atom stereocenters. The lowest BCUT2D eigenvalue weighted by Crippen LogP contribution is -2.50. The topological polar surface area (TPSA) is 13.1 Å². The molecule has 0 amide bonds. The van der Waals surface area contributed by atoms with Crippen molar-refractivity contribution in [2.24, 2.45) is 0 Å². The number of fused-ring (bicyclic) bond motifs is 4. The minimum Gasteiger partial charge on any atom is -0.457 e. The Morgan fingerprint density at radius 3 is 0.682 bits per heavy atom. The van der Waals surface area contributed by atoms with Crippen LogP contribution in [-0.2, 0) is 0 Å². The zero-order chi connectivity index (χ0) is 61.9. The first-order valence-corrected chi connectivity index (χ1v) is 25.3. The van der Waals surface area contributed by atoms with E-state index < -0.39 is 0 Å². The molecule has 0 fully saturated rings. The lowest BCUT2D eigenvalue weighted by molar-refractivity contribution is 0.675. The fourth-order valence-electron chi connectivity index (χ4n) is 13.3. The summed E-state index contributed by atoms with van der Waals surface area (Å²) in [7, 11) is 210. The highest BCUT2D eigenvalue weighted by Gasteiger charge is 2.34. The Hall–Kier alpha value is -5.27. The van der Waals surface area contributed by atoms with Gasteiger partial charge in [0.15, 0.2) is 0 Å². The standard InChI is InChI=1S/C54B30O/c55-23-7(8-5-1-3-15(33(65)25(5)57)40(72)47(79)42(74)17(3)37(69)35(67)13(1)31(63)27(8)59)9(10-12-22-24(56)20-21(45(77)50(82)49(81)44(20)76)46(78)54(22)85-53(12)52(84)51(83)30(10)62)28(60)39(71)19(23)11-6-2-4-16(34(66)26(6)58)41(73)48(80)43(75)18(4)38(70)36(68)14(2)32(64)29(11)61. The van der Waals surface area contributed by atoms with Gasteiger partial charge < -0.3 is 4.42 Å². The maximum absolute atomic E-state index is 7.91. The molecule has 1 nitrogen and oxygen atoms in total. The molecular formula is C54B30O. The van der Waals surface area contributed by atoms with E-state index in [0.717, 1.165) is 0 Å². The Morgan fingerprint density at radius 1 is 0.106 bits per heavy atom. The molecular weight excluding hydrogens is 989 g/mol. The molecule has 312 valence electrons. The van der Waals surface area contributed by atoms with E-state index in [1.807, 2.05) is 0 Å². The summed E-state index contributed by atoms with van der Waals surface area (Å²) >= 11 is 0. The summed E-state index contributed by atoms with van der Waals surface area (Å²) < 4.78 is 6.61. The van der Waals surface area contributed by atoms with Crippen molar-refractivity contribution >= 4 is 497 Å². The highest BCUT2D eigenvalue weighted by molar-refractivity contribution is 6.80. The lowest BCUT2D eigenvalue weighted by Gasteiger charge is -2.34. The second kappa shape index (κ2) is 19.1. The van der Waals surface area contributed by atoms with Gasteiger partial charge in [-0.15, -0.1) is 27.3 Å². The highest BCUT2D eigenvalue weighted by Crippen LogP contribution is 2.42. The Bertz CT molecular complexity index is 5420. The Labute approximate surface area is 530 Å². The number of furan rings is 1. The van der Waals surface area contributed by atoms with Crippen molar-refractivity contribution in [2.75, 3.05) is 0 Å². The van der Waals surface area contributed by atoms with E-state index in [2.05, 4.69) is 0 Å². The quantitative estimate of drug-likeness (QED) is 0.127. The second-order valence-corrected chi connectivity index (χ2v) is 21.4. The molecule has 0 aliphatic heterocycles. The van der Waals surface area contributed by atoms with Crippen LogP contribution in [-0.4, -0.2) is 235 Å². The summed E-state index contributed by atoms with van der Waals surface area (Å²) in [5, 5.41) is 2.01. The van der Waals surface area contributed by atoms with E-state index in [9.17, 15) is 0 Å². The second-order valence-electron chi connectivity index (χ2n) is 21.4. The first kappa shape index (κ1) is 58.7. The molecule has 31 heteroatoms. The van der Waals surface area contributed by atoms with Crippen LogP contribution in [0.2, 0.25) is 0 Å². The van der Waals surface area contributed by atoms with Gasteiger partial charge in [0.05, 0.1) is 0 Å². The molecule has 13 aromatic rings. The third kappa shape index (κ3) is 6.92. The molecule has 1 aromatic heterocycles. The van der Waals surface area contributed by atoms with Crippen molar-refractivity contribution in [1.29, 1.82) is 0 Å². The zero-order valence-electron chi connectivity index (χ0n) is 44.7. The van der Waals surface area contributed by atoms with Crippen LogP contribution in [0.4, 0.5) is 0 Å². The minimum absolute atomic E-state index is 0.00831. The van der Waals surface area contributed by atoms with Gasteiger partial charge >= 0.3 is 0 Å². The van der Waals surface area contributed by atoms with Crippen molar-refractivity contribution in [2.45, 2.75) is 0 Å². The van der Waals surface area contributed by atoms with Crippen molar-refractivity contribution in [1.82, 2.24) is 0 Å². The van der Waals surface area contributed by atoms with Gasteiger partial charge in [0.1, 0.15) is 247 Å². The molecule has 0 unspecified atom stereocenters. The molecule has 0 aliphatic carbocycles. The third-order valence-corrected chi connectivity index (χ3v) is 17.5. The molecule has 1 heterocycles. The Balaban J connectivity index is 1.35. The van der Waals surface area contributed by atoms with Gasteiger partial charge in [-0.3, -0.25) is 0 Å². The van der Waals surface area contributed by atoms with E-state index >= 15 is 0 Å². The van der Waals surface area contributed by atoms with Crippen LogP contribution in [0.25, 0.3) is 131 Å². The lowest BCUT2D eigenvalue weighted by atomic mass is 9.55. The van der Waals surface area contributed by atoms with E-state index in [1.54, 1.807) is 0 Å². The minimum atomic E-state index is -0.334. The SMILES string of the molecule is [B]c1c([B])c(-c2c([B])c([B])c([B])c3oc4c([B])c5c([B])c([B])c([B])c([B])c5c([B])c4c23)c(-c2c([B])c([B])c3c([B])c([B])c4c([B])c([B])c([B])c5c([B])c([B])c2c3c45)c([B])c1-c1c([B])c([B])c2c([B])c([B])c3c([B])c([B])c([B])c4c([B])c([B])c1c2c34. The van der Waals surface area contributed by atoms with Gasteiger partial charge in [-0.05, 0) is 114 Å². The summed E-state index contributed by atoms with van der Waals surface area (Å²) in [4.78, 5) is 0. The molecule has 60 radical (unpaired) electrons. The van der Waals surface area contributed by atoms with Crippen molar-refractivity contribution in [3.05, 3.63) is 0 Å². The third-order valence-electron chi connectivity index (χ3n) is 17.5. The summed E-state index contributed by atoms with van der Waals surface area (Å²) in [6, 6.07) is 0. The average molecular weight is 989 g/mol. The molecule has 0 spiro atoms. The van der Waals surface area contributed by atoms with Crippen LogP contribution in [0.3, 0.4) is 0 Å². The highest BCUT2D eigenvalue weighted by atomic mass is 16.3. The number of benzene rings is 12. The van der Waals surface area contributed by atoms with E-state index in [-0.39, 0.29) is 295 Å². The molecule has 12 aromatic carbocycles. The first-order chi connectivity index (χ1) is 39.8. The maximum Gasteiger partial charge on any atom is 0.128 e. The summed E-state index contributed by atoms with van der Waals surface area (Å²) in [6.07, 6.45) is 0. The van der Waals surface area contributed by atoms with Crippen LogP contribution in [0.5, 0.6) is 0 Å². The number of hydrogen-bond acceptors (Lipinski definition) is 1. The molecule has 85 heavy (non-hydrogen) atoms. The molecule has 0 bridgehead atoms. The summed E-state index contributed by atoms with van der Waals surface area (Å²) in [6.45, 7) is 0. The molecule has 0 N–H and O–H groups in total. The normalized spacial score (nSPS) is 12.2. The van der Waals surface area contributed by atoms with Gasteiger partial charge in [-0.25, -0.2) is 0 Å². The molecule has 0 saturated carbocycles. The summed E-state index contributed by atoms with van der Waals surface area (Å²) in [5.41, 5.74) is -5.04. The van der Waals surface area contributed by atoms with Gasteiger partial charge in [-0.2, -0.15) is 0 Å².